The van der Waals surface area contributed by atoms with Gasteiger partial charge in [0, 0.05) is 19.5 Å². The normalized spacial score (nSPS) is 18.5. The fraction of sp³-hybridized carbons (Fsp3) is 0.421. The van der Waals surface area contributed by atoms with Gasteiger partial charge < -0.3 is 19.5 Å². The highest BCUT2D eigenvalue weighted by atomic mass is 16.6. The van der Waals surface area contributed by atoms with Gasteiger partial charge in [-0.15, -0.1) is 0 Å². The van der Waals surface area contributed by atoms with Crippen molar-refractivity contribution in [3.05, 3.63) is 41.7 Å². The lowest BCUT2D eigenvalue weighted by atomic mass is 10.2. The van der Waals surface area contributed by atoms with Crippen LogP contribution in [-0.2, 0) is 29.1 Å². The van der Waals surface area contributed by atoms with Crippen LogP contribution in [0.5, 0.6) is 11.5 Å². The van der Waals surface area contributed by atoms with Gasteiger partial charge >= 0.3 is 5.97 Å². The second-order valence-corrected chi connectivity index (χ2v) is 6.72. The monoisotopic (exact) mass is 371 g/mol. The second-order valence-electron chi connectivity index (χ2n) is 6.72. The van der Waals surface area contributed by atoms with E-state index in [1.165, 1.54) is 0 Å². The van der Waals surface area contributed by atoms with Crippen molar-refractivity contribution in [2.45, 2.75) is 38.5 Å². The first-order valence-electron chi connectivity index (χ1n) is 9.05. The molecule has 0 aliphatic carbocycles. The number of carboxylic acids is 1. The van der Waals surface area contributed by atoms with Gasteiger partial charge in [0.2, 0.25) is 6.10 Å². The number of amides is 1. The number of aliphatic carboxylic acids is 1. The first-order chi connectivity index (χ1) is 13.1. The molecule has 1 N–H and O–H groups in total. The number of aryl methyl sites for hydroxylation is 2. The molecular formula is C19H21N3O5. The van der Waals surface area contributed by atoms with E-state index in [2.05, 4.69) is 5.10 Å². The molecule has 2 aliphatic rings. The summed E-state index contributed by atoms with van der Waals surface area (Å²) in [5, 5.41) is 13.3. The van der Waals surface area contributed by atoms with Crippen molar-refractivity contribution in [1.82, 2.24) is 14.7 Å². The minimum absolute atomic E-state index is 0.0474. The average Bonchev–Trinajstić information content (AvgIpc) is 2.95. The molecule has 0 radical (unpaired) electrons. The van der Waals surface area contributed by atoms with Crippen molar-refractivity contribution in [3.63, 3.8) is 0 Å². The van der Waals surface area contributed by atoms with Crippen LogP contribution in [0.1, 0.15) is 24.2 Å². The van der Waals surface area contributed by atoms with Crippen molar-refractivity contribution in [1.29, 1.82) is 0 Å². The maximum absolute atomic E-state index is 13.0. The molecule has 1 amide bonds. The number of benzene rings is 1. The first-order valence-corrected chi connectivity index (χ1v) is 9.05. The number of hydrogen-bond acceptors (Lipinski definition) is 5. The molecule has 1 unspecified atom stereocenters. The summed E-state index contributed by atoms with van der Waals surface area (Å²) in [6.07, 6.45) is 0.551. The Kier molecular flexibility index (Phi) is 4.70. The van der Waals surface area contributed by atoms with E-state index in [1.807, 2.05) is 28.9 Å². The van der Waals surface area contributed by atoms with E-state index >= 15 is 0 Å². The smallest absolute Gasteiger partial charge is 0.303 e. The average molecular weight is 371 g/mol. The minimum Gasteiger partial charge on any atom is -0.485 e. The van der Waals surface area contributed by atoms with Crippen LogP contribution in [0, 0.1) is 0 Å². The van der Waals surface area contributed by atoms with Crippen molar-refractivity contribution >= 4 is 11.9 Å². The number of para-hydroxylation sites is 2. The molecule has 1 aromatic carbocycles. The predicted molar refractivity (Wildman–Crippen MR) is 94.6 cm³/mol. The third-order valence-corrected chi connectivity index (χ3v) is 4.76. The Morgan fingerprint density at radius 3 is 2.85 bits per heavy atom. The van der Waals surface area contributed by atoms with Crippen LogP contribution in [0.2, 0.25) is 0 Å². The van der Waals surface area contributed by atoms with Crippen LogP contribution in [-0.4, -0.2) is 50.9 Å². The Morgan fingerprint density at radius 2 is 2.04 bits per heavy atom. The van der Waals surface area contributed by atoms with E-state index in [9.17, 15) is 9.59 Å². The van der Waals surface area contributed by atoms with E-state index in [0.717, 1.165) is 17.8 Å². The molecule has 4 rings (SSSR count). The lowest BCUT2D eigenvalue weighted by molar-refractivity contribution is -0.142. The Morgan fingerprint density at radius 1 is 1.22 bits per heavy atom. The molecule has 1 atom stereocenters. The van der Waals surface area contributed by atoms with E-state index in [4.69, 9.17) is 14.6 Å². The highest BCUT2D eigenvalue weighted by Gasteiger charge is 2.32. The molecule has 8 heteroatoms. The minimum atomic E-state index is -0.843. The summed E-state index contributed by atoms with van der Waals surface area (Å²) in [6.45, 7) is 1.95. The van der Waals surface area contributed by atoms with Crippen molar-refractivity contribution in [3.8, 4) is 11.5 Å². The SMILES string of the molecule is O=C(O)CCc1cc2n(n1)CCCN(C(=O)C1COc3ccccc3O1)C2. The molecule has 142 valence electrons. The van der Waals surface area contributed by atoms with E-state index < -0.39 is 12.1 Å². The van der Waals surface area contributed by atoms with Gasteiger partial charge in [-0.3, -0.25) is 14.3 Å². The van der Waals surface area contributed by atoms with Gasteiger partial charge in [0.1, 0.15) is 6.61 Å². The number of rotatable bonds is 4. The molecule has 0 fully saturated rings. The Labute approximate surface area is 156 Å². The summed E-state index contributed by atoms with van der Waals surface area (Å²) in [4.78, 5) is 25.5. The first kappa shape index (κ1) is 17.4. The summed E-state index contributed by atoms with van der Waals surface area (Å²) in [6, 6.07) is 9.21. The lowest BCUT2D eigenvalue weighted by Gasteiger charge is -2.30. The molecule has 2 aromatic rings. The van der Waals surface area contributed by atoms with Crippen LogP contribution < -0.4 is 9.47 Å². The van der Waals surface area contributed by atoms with Gasteiger partial charge in [-0.25, -0.2) is 0 Å². The standard InChI is InChI=1S/C19H21N3O5/c23-18(24)7-6-13-10-14-11-21(8-3-9-22(14)20-13)19(25)17-12-26-15-4-1-2-5-16(15)27-17/h1-2,4-5,10,17H,3,6-9,11-12H2,(H,23,24). The Bertz CT molecular complexity index is 863. The third kappa shape index (κ3) is 3.74. The number of ether oxygens (including phenoxy) is 2. The van der Waals surface area contributed by atoms with E-state index in [0.29, 0.717) is 37.6 Å². The summed E-state index contributed by atoms with van der Waals surface area (Å²) in [7, 11) is 0. The fourth-order valence-electron chi connectivity index (χ4n) is 3.41. The molecule has 0 saturated carbocycles. The Hall–Kier alpha value is -3.03. The number of nitrogens with zero attached hydrogens (tertiary/aromatic N) is 3. The largest absolute Gasteiger partial charge is 0.485 e. The maximum Gasteiger partial charge on any atom is 0.303 e. The highest BCUT2D eigenvalue weighted by molar-refractivity contribution is 5.82. The van der Waals surface area contributed by atoms with Crippen LogP contribution in [0.3, 0.4) is 0 Å². The van der Waals surface area contributed by atoms with E-state index in [-0.39, 0.29) is 18.9 Å². The zero-order valence-electron chi connectivity index (χ0n) is 14.8. The van der Waals surface area contributed by atoms with Crippen molar-refractivity contribution in [2.24, 2.45) is 0 Å². The summed E-state index contributed by atoms with van der Waals surface area (Å²) in [5.74, 6) is 0.285. The molecule has 2 aliphatic heterocycles. The molecule has 0 saturated heterocycles. The lowest BCUT2D eigenvalue weighted by Crippen LogP contribution is -2.46. The zero-order valence-corrected chi connectivity index (χ0v) is 14.8. The number of carboxylic acid groups (broad SMARTS) is 1. The van der Waals surface area contributed by atoms with E-state index in [1.54, 1.807) is 11.0 Å². The molecular weight excluding hydrogens is 350 g/mol. The maximum atomic E-state index is 13.0. The summed E-state index contributed by atoms with van der Waals surface area (Å²) < 4.78 is 13.4. The number of carbonyl (C=O) groups excluding carboxylic acids is 1. The van der Waals surface area contributed by atoms with Gasteiger partial charge in [0.15, 0.2) is 11.5 Å². The number of hydrogen-bond donors (Lipinski definition) is 1. The zero-order chi connectivity index (χ0) is 18.8. The topological polar surface area (TPSA) is 93.9 Å². The summed E-state index contributed by atoms with van der Waals surface area (Å²) >= 11 is 0. The fourth-order valence-corrected chi connectivity index (χ4v) is 3.41. The molecule has 8 nitrogen and oxygen atoms in total. The van der Waals surface area contributed by atoms with Gasteiger partial charge in [-0.2, -0.15) is 5.10 Å². The molecule has 0 spiro atoms. The van der Waals surface area contributed by atoms with Gasteiger partial charge in [-0.05, 0) is 24.6 Å². The molecule has 1 aromatic heterocycles. The number of carbonyl (C=O) groups is 2. The Balaban J connectivity index is 1.45. The number of aromatic nitrogens is 2. The van der Waals surface area contributed by atoms with Gasteiger partial charge in [-0.1, -0.05) is 12.1 Å². The second kappa shape index (κ2) is 7.30. The molecule has 27 heavy (non-hydrogen) atoms. The van der Waals surface area contributed by atoms with Crippen LogP contribution in [0.4, 0.5) is 0 Å². The van der Waals surface area contributed by atoms with Gasteiger partial charge in [0.05, 0.1) is 24.4 Å². The quantitative estimate of drug-likeness (QED) is 0.875. The molecule has 3 heterocycles. The van der Waals surface area contributed by atoms with Crippen LogP contribution >= 0.6 is 0 Å². The van der Waals surface area contributed by atoms with Crippen LogP contribution in [0.15, 0.2) is 30.3 Å². The predicted octanol–water partition coefficient (Wildman–Crippen LogP) is 1.47. The molecule has 0 bridgehead atoms. The van der Waals surface area contributed by atoms with Crippen molar-refractivity contribution in [2.75, 3.05) is 13.2 Å². The van der Waals surface area contributed by atoms with Crippen LogP contribution in [0.25, 0.3) is 0 Å². The number of fused-ring (bicyclic) bond motifs is 2. The highest BCUT2D eigenvalue weighted by Crippen LogP contribution is 2.31. The third-order valence-electron chi connectivity index (χ3n) is 4.76. The van der Waals surface area contributed by atoms with Crippen molar-refractivity contribution < 1.29 is 24.2 Å². The van der Waals surface area contributed by atoms with Gasteiger partial charge in [0.25, 0.3) is 5.91 Å². The summed E-state index contributed by atoms with van der Waals surface area (Å²) in [5.41, 5.74) is 1.66.